The van der Waals surface area contributed by atoms with Crippen LogP contribution in [-0.4, -0.2) is 10.9 Å². The van der Waals surface area contributed by atoms with E-state index in [0.29, 0.717) is 0 Å². The quantitative estimate of drug-likeness (QED) is 0.835. The Morgan fingerprint density at radius 1 is 1.11 bits per heavy atom. The summed E-state index contributed by atoms with van der Waals surface area (Å²) >= 11 is 0. The van der Waals surface area contributed by atoms with E-state index in [0.717, 1.165) is 6.07 Å². The molecular formula is C12H7F3N2O. The minimum atomic E-state index is -1.20. The van der Waals surface area contributed by atoms with Crippen molar-refractivity contribution in [2.24, 2.45) is 0 Å². The van der Waals surface area contributed by atoms with Crippen LogP contribution >= 0.6 is 0 Å². The van der Waals surface area contributed by atoms with Crippen molar-refractivity contribution >= 4 is 11.6 Å². The van der Waals surface area contributed by atoms with Gasteiger partial charge in [-0.25, -0.2) is 13.8 Å². The smallest absolute Gasteiger partial charge is 0.260 e. The van der Waals surface area contributed by atoms with Crippen LogP contribution in [-0.2, 0) is 0 Å². The van der Waals surface area contributed by atoms with Crippen molar-refractivity contribution in [1.82, 2.24) is 4.98 Å². The van der Waals surface area contributed by atoms with Crippen molar-refractivity contribution in [3.05, 3.63) is 59.7 Å². The van der Waals surface area contributed by atoms with Gasteiger partial charge in [-0.1, -0.05) is 6.07 Å². The van der Waals surface area contributed by atoms with Crippen LogP contribution in [0, 0.1) is 17.6 Å². The van der Waals surface area contributed by atoms with Crippen molar-refractivity contribution in [1.29, 1.82) is 0 Å². The number of aromatic nitrogens is 1. The first-order chi connectivity index (χ1) is 8.59. The van der Waals surface area contributed by atoms with E-state index in [1.54, 1.807) is 0 Å². The fraction of sp³-hybridized carbons (Fsp3) is 0. The summed E-state index contributed by atoms with van der Waals surface area (Å²) in [5.41, 5.74) is -0.704. The lowest BCUT2D eigenvalue weighted by Gasteiger charge is -2.06. The zero-order chi connectivity index (χ0) is 13.1. The molecule has 1 aromatic heterocycles. The molecule has 1 amide bonds. The van der Waals surface area contributed by atoms with Gasteiger partial charge in [-0.3, -0.25) is 4.79 Å². The van der Waals surface area contributed by atoms with Crippen molar-refractivity contribution in [3.63, 3.8) is 0 Å². The maximum atomic E-state index is 13.3. The molecule has 18 heavy (non-hydrogen) atoms. The highest BCUT2D eigenvalue weighted by atomic mass is 19.2. The number of benzene rings is 1. The standard InChI is InChI=1S/C12H7F3N2O/c13-8-4-1-5-9(10(8)14)17-12(18)7-3-2-6-16-11(7)15/h1-6H,(H,17,18). The van der Waals surface area contributed by atoms with Crippen LogP contribution in [0.1, 0.15) is 10.4 Å². The summed E-state index contributed by atoms with van der Waals surface area (Å²) in [7, 11) is 0. The molecule has 0 radical (unpaired) electrons. The van der Waals surface area contributed by atoms with E-state index in [-0.39, 0.29) is 11.3 Å². The molecule has 0 unspecified atom stereocenters. The van der Waals surface area contributed by atoms with Gasteiger partial charge >= 0.3 is 0 Å². The minimum Gasteiger partial charge on any atom is -0.319 e. The van der Waals surface area contributed by atoms with Crippen LogP contribution < -0.4 is 5.32 Å². The Hall–Kier alpha value is -2.37. The van der Waals surface area contributed by atoms with Crippen molar-refractivity contribution < 1.29 is 18.0 Å². The third-order valence-corrected chi connectivity index (χ3v) is 2.20. The normalized spacial score (nSPS) is 10.2. The van der Waals surface area contributed by atoms with E-state index in [4.69, 9.17) is 0 Å². The molecule has 1 aromatic carbocycles. The predicted octanol–water partition coefficient (Wildman–Crippen LogP) is 2.75. The molecule has 3 nitrogen and oxygen atoms in total. The van der Waals surface area contributed by atoms with Gasteiger partial charge in [0.2, 0.25) is 5.95 Å². The molecule has 0 saturated carbocycles. The Balaban J connectivity index is 2.27. The van der Waals surface area contributed by atoms with Gasteiger partial charge in [0.05, 0.1) is 11.3 Å². The third kappa shape index (κ3) is 2.32. The number of hydrogen-bond donors (Lipinski definition) is 1. The number of nitrogens with zero attached hydrogens (tertiary/aromatic N) is 1. The van der Waals surface area contributed by atoms with Crippen LogP contribution in [0.25, 0.3) is 0 Å². The van der Waals surface area contributed by atoms with E-state index in [1.807, 2.05) is 0 Å². The molecule has 0 aliphatic rings. The van der Waals surface area contributed by atoms with E-state index in [2.05, 4.69) is 10.3 Å². The Bertz CT molecular complexity index is 602. The number of nitrogens with one attached hydrogen (secondary N) is 1. The van der Waals surface area contributed by atoms with Gasteiger partial charge < -0.3 is 5.32 Å². The second-order valence-corrected chi connectivity index (χ2v) is 3.40. The van der Waals surface area contributed by atoms with Gasteiger partial charge in [0.25, 0.3) is 5.91 Å². The first-order valence-electron chi connectivity index (χ1n) is 4.95. The summed E-state index contributed by atoms with van der Waals surface area (Å²) in [5, 5.41) is 2.07. The van der Waals surface area contributed by atoms with Crippen molar-refractivity contribution in [2.45, 2.75) is 0 Å². The van der Waals surface area contributed by atoms with E-state index >= 15 is 0 Å². The maximum Gasteiger partial charge on any atom is 0.260 e. The number of hydrogen-bond acceptors (Lipinski definition) is 2. The fourth-order valence-corrected chi connectivity index (χ4v) is 1.35. The number of rotatable bonds is 2. The number of carbonyl (C=O) groups excluding carboxylic acids is 1. The molecule has 0 atom stereocenters. The van der Waals surface area contributed by atoms with Crippen LogP contribution in [0.5, 0.6) is 0 Å². The van der Waals surface area contributed by atoms with E-state index < -0.39 is 23.5 Å². The average Bonchev–Trinajstić information content (AvgIpc) is 2.35. The van der Waals surface area contributed by atoms with E-state index in [1.165, 1.54) is 30.5 Å². The molecule has 2 aromatic rings. The Morgan fingerprint density at radius 3 is 2.61 bits per heavy atom. The molecule has 1 heterocycles. The second kappa shape index (κ2) is 4.87. The molecule has 1 N–H and O–H groups in total. The molecule has 6 heteroatoms. The zero-order valence-corrected chi connectivity index (χ0v) is 8.95. The minimum absolute atomic E-state index is 0.346. The van der Waals surface area contributed by atoms with Gasteiger partial charge in [0.15, 0.2) is 11.6 Å². The van der Waals surface area contributed by atoms with Crippen LogP contribution in [0.2, 0.25) is 0 Å². The van der Waals surface area contributed by atoms with Gasteiger partial charge in [0, 0.05) is 6.20 Å². The number of carbonyl (C=O) groups is 1. The lowest BCUT2D eigenvalue weighted by atomic mass is 10.2. The number of amides is 1. The largest absolute Gasteiger partial charge is 0.319 e. The molecular weight excluding hydrogens is 245 g/mol. The van der Waals surface area contributed by atoms with Gasteiger partial charge in [-0.05, 0) is 24.3 Å². The molecule has 0 aliphatic carbocycles. The highest BCUT2D eigenvalue weighted by Gasteiger charge is 2.15. The maximum absolute atomic E-state index is 13.3. The van der Waals surface area contributed by atoms with Crippen molar-refractivity contribution in [3.8, 4) is 0 Å². The molecule has 0 saturated heterocycles. The third-order valence-electron chi connectivity index (χ3n) is 2.20. The van der Waals surface area contributed by atoms with Gasteiger partial charge in [0.1, 0.15) is 0 Å². The summed E-state index contributed by atoms with van der Waals surface area (Å²) < 4.78 is 39.4. The number of halogens is 3. The summed E-state index contributed by atoms with van der Waals surface area (Å²) in [5.74, 6) is -4.17. The molecule has 2 rings (SSSR count). The topological polar surface area (TPSA) is 42.0 Å². The Morgan fingerprint density at radius 2 is 1.89 bits per heavy atom. The lowest BCUT2D eigenvalue weighted by Crippen LogP contribution is -2.15. The average molecular weight is 252 g/mol. The number of pyridine rings is 1. The summed E-state index contributed by atoms with van der Waals surface area (Å²) in [6.07, 6.45) is 1.18. The number of anilines is 1. The van der Waals surface area contributed by atoms with Crippen LogP contribution in [0.15, 0.2) is 36.5 Å². The predicted molar refractivity (Wildman–Crippen MR) is 58.5 cm³/mol. The summed E-state index contributed by atoms with van der Waals surface area (Å²) in [6, 6.07) is 5.86. The molecule has 0 fully saturated rings. The molecule has 0 aliphatic heterocycles. The zero-order valence-electron chi connectivity index (χ0n) is 8.95. The molecule has 92 valence electrons. The monoisotopic (exact) mass is 252 g/mol. The van der Waals surface area contributed by atoms with Gasteiger partial charge in [-0.15, -0.1) is 0 Å². The van der Waals surface area contributed by atoms with E-state index in [9.17, 15) is 18.0 Å². The SMILES string of the molecule is O=C(Nc1cccc(F)c1F)c1cccnc1F. The Kier molecular flexibility index (Phi) is 3.27. The molecule has 0 bridgehead atoms. The van der Waals surface area contributed by atoms with Crippen molar-refractivity contribution in [2.75, 3.05) is 5.32 Å². The van der Waals surface area contributed by atoms with Crippen LogP contribution in [0.4, 0.5) is 18.9 Å². The first kappa shape index (κ1) is 12.1. The highest BCUT2D eigenvalue weighted by Crippen LogP contribution is 2.17. The van der Waals surface area contributed by atoms with Gasteiger partial charge in [-0.2, -0.15) is 4.39 Å². The van der Waals surface area contributed by atoms with Crippen LogP contribution in [0.3, 0.4) is 0 Å². The second-order valence-electron chi connectivity index (χ2n) is 3.40. The fourth-order valence-electron chi connectivity index (χ4n) is 1.35. The highest BCUT2D eigenvalue weighted by molar-refractivity contribution is 6.04. The first-order valence-corrected chi connectivity index (χ1v) is 4.95. The molecule has 0 spiro atoms. The summed E-state index contributed by atoms with van der Waals surface area (Å²) in [6.45, 7) is 0. The summed E-state index contributed by atoms with van der Waals surface area (Å²) in [4.78, 5) is 14.9. The Labute approximate surface area is 100 Å². The lowest BCUT2D eigenvalue weighted by molar-refractivity contribution is 0.102.